The Balaban J connectivity index is 2.06. The molecule has 1 heterocycles. The van der Waals surface area contributed by atoms with Gasteiger partial charge in [-0.15, -0.1) is 0 Å². The van der Waals surface area contributed by atoms with Gasteiger partial charge in [0, 0.05) is 29.0 Å². The molecular formula is C17H13F3N2O. The van der Waals surface area contributed by atoms with E-state index in [2.05, 4.69) is 10.3 Å². The number of fused-ring (bicyclic) bond motifs is 1. The van der Waals surface area contributed by atoms with Gasteiger partial charge in [0.1, 0.15) is 5.75 Å². The van der Waals surface area contributed by atoms with E-state index in [1.807, 2.05) is 6.07 Å². The van der Waals surface area contributed by atoms with Crippen LogP contribution in [-0.4, -0.2) is 12.1 Å². The Kier molecular flexibility index (Phi) is 3.82. The summed E-state index contributed by atoms with van der Waals surface area (Å²) >= 11 is 0. The smallest absolute Gasteiger partial charge is 0.416 e. The summed E-state index contributed by atoms with van der Waals surface area (Å²) in [5.41, 5.74) is 1.06. The SMILES string of the molecule is COc1cccc(Nc2ccnc3ccc(C(F)(F)F)cc23)c1. The molecule has 6 heteroatoms. The van der Waals surface area contributed by atoms with Crippen molar-refractivity contribution < 1.29 is 17.9 Å². The minimum atomic E-state index is -4.39. The quantitative estimate of drug-likeness (QED) is 0.737. The third-order valence-corrected chi connectivity index (χ3v) is 3.42. The first kappa shape index (κ1) is 15.1. The molecule has 3 nitrogen and oxygen atoms in total. The minimum absolute atomic E-state index is 0.408. The number of nitrogens with one attached hydrogen (secondary N) is 1. The van der Waals surface area contributed by atoms with Gasteiger partial charge in [-0.05, 0) is 36.4 Å². The van der Waals surface area contributed by atoms with E-state index < -0.39 is 11.7 Å². The van der Waals surface area contributed by atoms with E-state index in [-0.39, 0.29) is 0 Å². The summed E-state index contributed by atoms with van der Waals surface area (Å²) in [6.07, 6.45) is -2.84. The fourth-order valence-electron chi connectivity index (χ4n) is 2.29. The summed E-state index contributed by atoms with van der Waals surface area (Å²) < 4.78 is 43.9. The van der Waals surface area contributed by atoms with Crippen LogP contribution in [0.2, 0.25) is 0 Å². The number of rotatable bonds is 3. The second-order valence-electron chi connectivity index (χ2n) is 4.95. The predicted octanol–water partition coefficient (Wildman–Crippen LogP) is 5.01. The molecule has 2 aromatic carbocycles. The fourth-order valence-corrected chi connectivity index (χ4v) is 2.29. The molecule has 0 radical (unpaired) electrons. The van der Waals surface area contributed by atoms with Gasteiger partial charge in [0.2, 0.25) is 0 Å². The second kappa shape index (κ2) is 5.79. The number of methoxy groups -OCH3 is 1. The van der Waals surface area contributed by atoms with Crippen molar-refractivity contribution in [3.8, 4) is 5.75 Å². The number of anilines is 2. The van der Waals surface area contributed by atoms with Crippen LogP contribution in [0.25, 0.3) is 10.9 Å². The first-order valence-corrected chi connectivity index (χ1v) is 6.84. The molecule has 0 aliphatic heterocycles. The van der Waals surface area contributed by atoms with Crippen LogP contribution in [0.5, 0.6) is 5.75 Å². The highest BCUT2D eigenvalue weighted by atomic mass is 19.4. The standard InChI is InChI=1S/C17H13F3N2O/c1-23-13-4-2-3-12(10-13)22-16-7-8-21-15-6-5-11(9-14(15)16)17(18,19)20/h2-10H,1H3,(H,21,22). The Morgan fingerprint density at radius 1 is 1.04 bits per heavy atom. The molecule has 118 valence electrons. The van der Waals surface area contributed by atoms with Crippen LogP contribution in [-0.2, 0) is 6.18 Å². The highest BCUT2D eigenvalue weighted by Gasteiger charge is 2.30. The van der Waals surface area contributed by atoms with E-state index in [1.165, 1.54) is 6.07 Å². The van der Waals surface area contributed by atoms with E-state index in [9.17, 15) is 13.2 Å². The van der Waals surface area contributed by atoms with Gasteiger partial charge in [0.15, 0.2) is 0 Å². The van der Waals surface area contributed by atoms with Crippen molar-refractivity contribution >= 4 is 22.3 Å². The Hall–Kier alpha value is -2.76. The molecular weight excluding hydrogens is 305 g/mol. The van der Waals surface area contributed by atoms with Gasteiger partial charge in [-0.25, -0.2) is 0 Å². The largest absolute Gasteiger partial charge is 0.497 e. The molecule has 0 aliphatic carbocycles. The fraction of sp³-hybridized carbons (Fsp3) is 0.118. The van der Waals surface area contributed by atoms with Crippen LogP contribution in [0.3, 0.4) is 0 Å². The Morgan fingerprint density at radius 2 is 1.87 bits per heavy atom. The van der Waals surface area contributed by atoms with Crippen molar-refractivity contribution in [3.63, 3.8) is 0 Å². The number of hydrogen-bond donors (Lipinski definition) is 1. The van der Waals surface area contributed by atoms with Crippen molar-refractivity contribution in [2.75, 3.05) is 12.4 Å². The first-order chi connectivity index (χ1) is 11.0. The number of nitrogens with zero attached hydrogens (tertiary/aromatic N) is 1. The van der Waals surface area contributed by atoms with Gasteiger partial charge in [-0.1, -0.05) is 6.07 Å². The van der Waals surface area contributed by atoms with Gasteiger partial charge in [0.05, 0.1) is 18.2 Å². The molecule has 23 heavy (non-hydrogen) atoms. The maximum Gasteiger partial charge on any atom is 0.416 e. The molecule has 0 saturated carbocycles. The lowest BCUT2D eigenvalue weighted by molar-refractivity contribution is -0.137. The third kappa shape index (κ3) is 3.21. The lowest BCUT2D eigenvalue weighted by Gasteiger charge is -2.12. The van der Waals surface area contributed by atoms with Gasteiger partial charge < -0.3 is 10.1 Å². The molecule has 0 spiro atoms. The summed E-state index contributed by atoms with van der Waals surface area (Å²) in [5.74, 6) is 0.657. The molecule has 0 fully saturated rings. The third-order valence-electron chi connectivity index (χ3n) is 3.42. The highest BCUT2D eigenvalue weighted by molar-refractivity contribution is 5.93. The van der Waals surface area contributed by atoms with E-state index in [0.717, 1.165) is 12.1 Å². The Morgan fingerprint density at radius 3 is 2.61 bits per heavy atom. The van der Waals surface area contributed by atoms with Crippen molar-refractivity contribution in [2.24, 2.45) is 0 Å². The number of pyridine rings is 1. The zero-order valence-corrected chi connectivity index (χ0v) is 12.2. The van der Waals surface area contributed by atoms with E-state index in [1.54, 1.807) is 37.6 Å². The Labute approximate surface area is 130 Å². The van der Waals surface area contributed by atoms with E-state index in [0.29, 0.717) is 28.0 Å². The van der Waals surface area contributed by atoms with E-state index >= 15 is 0 Å². The lowest BCUT2D eigenvalue weighted by atomic mass is 10.1. The van der Waals surface area contributed by atoms with Crippen LogP contribution in [0.4, 0.5) is 24.5 Å². The zero-order valence-electron chi connectivity index (χ0n) is 12.2. The van der Waals surface area contributed by atoms with Crippen LogP contribution < -0.4 is 10.1 Å². The van der Waals surface area contributed by atoms with Gasteiger partial charge >= 0.3 is 6.18 Å². The molecule has 1 aromatic heterocycles. The minimum Gasteiger partial charge on any atom is -0.497 e. The Bertz CT molecular complexity index is 847. The van der Waals surface area contributed by atoms with Crippen LogP contribution in [0.1, 0.15) is 5.56 Å². The maximum absolute atomic E-state index is 12.9. The van der Waals surface area contributed by atoms with Crippen LogP contribution >= 0.6 is 0 Å². The van der Waals surface area contributed by atoms with Crippen molar-refractivity contribution in [1.82, 2.24) is 4.98 Å². The number of alkyl halides is 3. The van der Waals surface area contributed by atoms with Crippen LogP contribution in [0.15, 0.2) is 54.7 Å². The zero-order chi connectivity index (χ0) is 16.4. The molecule has 0 amide bonds. The molecule has 0 atom stereocenters. The summed E-state index contributed by atoms with van der Waals surface area (Å²) in [6.45, 7) is 0. The maximum atomic E-state index is 12.9. The lowest BCUT2D eigenvalue weighted by Crippen LogP contribution is -2.05. The average molecular weight is 318 g/mol. The number of aromatic nitrogens is 1. The van der Waals surface area contributed by atoms with Crippen molar-refractivity contribution in [1.29, 1.82) is 0 Å². The van der Waals surface area contributed by atoms with Gasteiger partial charge in [0.25, 0.3) is 0 Å². The van der Waals surface area contributed by atoms with Crippen molar-refractivity contribution in [2.45, 2.75) is 6.18 Å². The second-order valence-corrected chi connectivity index (χ2v) is 4.95. The predicted molar refractivity (Wildman–Crippen MR) is 83.0 cm³/mol. The number of halogens is 3. The van der Waals surface area contributed by atoms with E-state index in [4.69, 9.17) is 4.74 Å². The summed E-state index contributed by atoms with van der Waals surface area (Å²) in [7, 11) is 1.55. The van der Waals surface area contributed by atoms with Gasteiger partial charge in [-0.2, -0.15) is 13.2 Å². The molecule has 0 bridgehead atoms. The van der Waals surface area contributed by atoms with Gasteiger partial charge in [-0.3, -0.25) is 4.98 Å². The topological polar surface area (TPSA) is 34.1 Å². The average Bonchev–Trinajstić information content (AvgIpc) is 2.54. The number of hydrogen-bond acceptors (Lipinski definition) is 3. The summed E-state index contributed by atoms with van der Waals surface area (Å²) in [4.78, 5) is 4.11. The summed E-state index contributed by atoms with van der Waals surface area (Å²) in [5, 5.41) is 3.52. The highest BCUT2D eigenvalue weighted by Crippen LogP contribution is 2.34. The summed E-state index contributed by atoms with van der Waals surface area (Å²) in [6, 6.07) is 12.3. The number of benzene rings is 2. The first-order valence-electron chi connectivity index (χ1n) is 6.84. The molecule has 1 N–H and O–H groups in total. The number of ether oxygens (including phenoxy) is 1. The molecule has 0 saturated heterocycles. The monoisotopic (exact) mass is 318 g/mol. The molecule has 3 aromatic rings. The normalized spacial score (nSPS) is 11.5. The molecule has 3 rings (SSSR count). The van der Waals surface area contributed by atoms with Crippen molar-refractivity contribution in [3.05, 3.63) is 60.3 Å². The molecule has 0 unspecified atom stereocenters. The van der Waals surface area contributed by atoms with Crippen LogP contribution in [0, 0.1) is 0 Å². The molecule has 0 aliphatic rings.